The first kappa shape index (κ1) is 18.1. The molecule has 0 bridgehead atoms. The van der Waals surface area contributed by atoms with Crippen LogP contribution >= 0.6 is 11.6 Å². The number of nitrogens with zero attached hydrogens (tertiary/aromatic N) is 1. The summed E-state index contributed by atoms with van der Waals surface area (Å²) in [5, 5.41) is 0.323. The van der Waals surface area contributed by atoms with E-state index in [-0.39, 0.29) is 21.8 Å². The van der Waals surface area contributed by atoms with Gasteiger partial charge in [-0.25, -0.2) is 13.4 Å². The fraction of sp³-hybridized carbons (Fsp3) is 0.0526. The number of rotatable bonds is 5. The Morgan fingerprint density at radius 1 is 1.00 bits per heavy atom. The van der Waals surface area contributed by atoms with E-state index in [1.54, 1.807) is 43.3 Å². The highest BCUT2D eigenvalue weighted by Crippen LogP contribution is 2.25. The molecule has 0 fully saturated rings. The number of hydrogen-bond donors (Lipinski definition) is 1. The van der Waals surface area contributed by atoms with Gasteiger partial charge in [0.05, 0.1) is 10.6 Å². The molecule has 0 saturated heterocycles. The molecule has 3 rings (SSSR count). The highest BCUT2D eigenvalue weighted by atomic mass is 35.5. The molecule has 1 heterocycles. The van der Waals surface area contributed by atoms with Crippen LogP contribution in [0.2, 0.25) is 5.02 Å². The van der Waals surface area contributed by atoms with Crippen molar-refractivity contribution in [2.45, 2.75) is 11.8 Å². The molecule has 7 heteroatoms. The Morgan fingerprint density at radius 2 is 1.73 bits per heavy atom. The molecule has 0 saturated carbocycles. The van der Waals surface area contributed by atoms with Crippen molar-refractivity contribution in [2.75, 3.05) is 4.72 Å². The first-order chi connectivity index (χ1) is 12.4. The van der Waals surface area contributed by atoms with E-state index in [1.165, 1.54) is 30.3 Å². The van der Waals surface area contributed by atoms with Crippen LogP contribution < -0.4 is 4.72 Å². The molecule has 0 aliphatic heterocycles. The van der Waals surface area contributed by atoms with Gasteiger partial charge in [0, 0.05) is 16.3 Å². The van der Waals surface area contributed by atoms with E-state index in [2.05, 4.69) is 9.71 Å². The summed E-state index contributed by atoms with van der Waals surface area (Å²) in [7, 11) is -3.84. The molecular formula is C19H15ClN2O3S. The lowest BCUT2D eigenvalue weighted by Gasteiger charge is -2.12. The number of nitrogens with one attached hydrogen (secondary N) is 1. The molecule has 0 aliphatic rings. The maximum atomic E-state index is 12.8. The molecule has 0 amide bonds. The third-order valence-electron chi connectivity index (χ3n) is 3.65. The van der Waals surface area contributed by atoms with E-state index in [4.69, 9.17) is 11.6 Å². The van der Waals surface area contributed by atoms with Crippen LogP contribution in [0.4, 0.5) is 5.69 Å². The minimum Gasteiger partial charge on any atom is -0.287 e. The zero-order valence-corrected chi connectivity index (χ0v) is 15.4. The predicted octanol–water partition coefficient (Wildman–Crippen LogP) is 4.08. The van der Waals surface area contributed by atoms with Crippen LogP contribution in [0.5, 0.6) is 0 Å². The van der Waals surface area contributed by atoms with Gasteiger partial charge in [-0.1, -0.05) is 35.9 Å². The quantitative estimate of drug-likeness (QED) is 0.670. The average Bonchev–Trinajstić information content (AvgIpc) is 2.63. The van der Waals surface area contributed by atoms with Crippen molar-refractivity contribution >= 4 is 33.1 Å². The predicted molar refractivity (Wildman–Crippen MR) is 101 cm³/mol. The fourth-order valence-corrected chi connectivity index (χ4v) is 3.68. The second-order valence-corrected chi connectivity index (χ2v) is 7.72. The van der Waals surface area contributed by atoms with Crippen molar-refractivity contribution in [3.63, 3.8) is 0 Å². The van der Waals surface area contributed by atoms with Crippen LogP contribution in [0.15, 0.2) is 71.6 Å². The number of sulfonamides is 1. The van der Waals surface area contributed by atoms with E-state index >= 15 is 0 Å². The van der Waals surface area contributed by atoms with E-state index < -0.39 is 15.8 Å². The summed E-state index contributed by atoms with van der Waals surface area (Å²) in [6.07, 6.45) is 0. The van der Waals surface area contributed by atoms with E-state index in [0.29, 0.717) is 10.7 Å². The molecule has 26 heavy (non-hydrogen) atoms. The number of benzene rings is 2. The molecule has 0 spiro atoms. The zero-order valence-electron chi connectivity index (χ0n) is 13.8. The number of carbonyl (C=O) groups excluding carboxylic acids is 1. The molecular weight excluding hydrogens is 372 g/mol. The number of hydrogen-bond acceptors (Lipinski definition) is 4. The number of anilines is 1. The lowest BCUT2D eigenvalue weighted by molar-refractivity contribution is 0.103. The first-order valence-electron chi connectivity index (χ1n) is 7.72. The van der Waals surface area contributed by atoms with Crippen LogP contribution in [0.25, 0.3) is 0 Å². The number of aryl methyl sites for hydroxylation is 1. The Balaban J connectivity index is 2.03. The third-order valence-corrected chi connectivity index (χ3v) is 5.26. The Bertz CT molecular complexity index is 1070. The zero-order chi connectivity index (χ0) is 18.7. The van der Waals surface area contributed by atoms with Gasteiger partial charge in [-0.3, -0.25) is 9.52 Å². The molecule has 0 atom stereocenters. The Labute approximate surface area is 156 Å². The van der Waals surface area contributed by atoms with Crippen molar-refractivity contribution in [2.24, 2.45) is 0 Å². The van der Waals surface area contributed by atoms with Gasteiger partial charge in [-0.05, 0) is 49.4 Å². The Morgan fingerprint density at radius 3 is 2.42 bits per heavy atom. The first-order valence-corrected chi connectivity index (χ1v) is 9.59. The van der Waals surface area contributed by atoms with Gasteiger partial charge in [-0.15, -0.1) is 0 Å². The molecule has 3 aromatic rings. The van der Waals surface area contributed by atoms with Crippen LogP contribution in [-0.4, -0.2) is 19.2 Å². The molecule has 1 aromatic heterocycles. The van der Waals surface area contributed by atoms with Crippen LogP contribution in [0.3, 0.4) is 0 Å². The number of carbonyl (C=O) groups is 1. The summed E-state index contributed by atoms with van der Waals surface area (Å²) in [4.78, 5) is 17.1. The molecule has 2 aromatic carbocycles. The molecule has 0 unspecified atom stereocenters. The van der Waals surface area contributed by atoms with Crippen molar-refractivity contribution in [1.29, 1.82) is 0 Å². The number of pyridine rings is 1. The van der Waals surface area contributed by atoms with Gasteiger partial charge in [0.1, 0.15) is 5.69 Å². The summed E-state index contributed by atoms with van der Waals surface area (Å²) in [5.41, 5.74) is 1.18. The van der Waals surface area contributed by atoms with Gasteiger partial charge in [0.25, 0.3) is 10.0 Å². The highest BCUT2D eigenvalue weighted by molar-refractivity contribution is 7.92. The van der Waals surface area contributed by atoms with Gasteiger partial charge in [-0.2, -0.15) is 0 Å². The van der Waals surface area contributed by atoms with Crippen molar-refractivity contribution in [3.05, 3.63) is 88.7 Å². The number of aromatic nitrogens is 1. The Kier molecular flexibility index (Phi) is 5.06. The molecule has 0 aliphatic carbocycles. The van der Waals surface area contributed by atoms with Crippen LogP contribution in [-0.2, 0) is 10.0 Å². The minimum atomic E-state index is -3.84. The fourth-order valence-electron chi connectivity index (χ4n) is 2.40. The van der Waals surface area contributed by atoms with Crippen molar-refractivity contribution in [3.8, 4) is 0 Å². The van der Waals surface area contributed by atoms with Gasteiger partial charge < -0.3 is 0 Å². The van der Waals surface area contributed by atoms with Crippen molar-refractivity contribution in [1.82, 2.24) is 4.98 Å². The van der Waals surface area contributed by atoms with E-state index in [9.17, 15) is 13.2 Å². The smallest absolute Gasteiger partial charge is 0.261 e. The standard InChI is InChI=1S/C19H15ClN2O3S/c1-13-6-5-9-18(21-13)19(23)16-12-14(20)10-11-17(16)22-26(24,25)15-7-3-2-4-8-15/h2-12,22H,1H3. The molecule has 132 valence electrons. The lowest BCUT2D eigenvalue weighted by Crippen LogP contribution is -2.16. The van der Waals surface area contributed by atoms with Crippen LogP contribution in [0.1, 0.15) is 21.7 Å². The van der Waals surface area contributed by atoms with Gasteiger partial charge in [0.15, 0.2) is 0 Å². The minimum absolute atomic E-state index is 0.0991. The number of ketones is 1. The molecule has 5 nitrogen and oxygen atoms in total. The topological polar surface area (TPSA) is 76.1 Å². The van der Waals surface area contributed by atoms with Gasteiger partial charge >= 0.3 is 0 Å². The maximum Gasteiger partial charge on any atom is 0.261 e. The summed E-state index contributed by atoms with van der Waals surface area (Å²) < 4.78 is 27.6. The van der Waals surface area contributed by atoms with Crippen LogP contribution in [0, 0.1) is 6.92 Å². The largest absolute Gasteiger partial charge is 0.287 e. The maximum absolute atomic E-state index is 12.8. The van der Waals surface area contributed by atoms with E-state index in [1.807, 2.05) is 0 Å². The summed E-state index contributed by atoms with van der Waals surface area (Å²) >= 11 is 6.02. The molecule has 1 N–H and O–H groups in total. The lowest BCUT2D eigenvalue weighted by atomic mass is 10.1. The monoisotopic (exact) mass is 386 g/mol. The summed E-state index contributed by atoms with van der Waals surface area (Å²) in [6.45, 7) is 1.77. The molecule has 0 radical (unpaired) electrons. The second-order valence-electron chi connectivity index (χ2n) is 5.60. The average molecular weight is 387 g/mol. The van der Waals surface area contributed by atoms with Crippen molar-refractivity contribution < 1.29 is 13.2 Å². The summed E-state index contributed by atoms with van der Waals surface area (Å²) in [6, 6.07) is 17.4. The highest BCUT2D eigenvalue weighted by Gasteiger charge is 2.20. The third kappa shape index (κ3) is 3.92. The second kappa shape index (κ2) is 7.27. The number of halogens is 1. The van der Waals surface area contributed by atoms with E-state index in [0.717, 1.165) is 0 Å². The Hall–Kier alpha value is -2.70. The normalized spacial score (nSPS) is 11.2. The summed E-state index contributed by atoms with van der Waals surface area (Å²) in [5.74, 6) is -0.415. The van der Waals surface area contributed by atoms with Gasteiger partial charge in [0.2, 0.25) is 5.78 Å². The SMILES string of the molecule is Cc1cccc(C(=O)c2cc(Cl)ccc2NS(=O)(=O)c2ccccc2)n1.